The van der Waals surface area contributed by atoms with Crippen molar-refractivity contribution in [2.45, 2.75) is 24.3 Å². The van der Waals surface area contributed by atoms with E-state index in [9.17, 15) is 8.42 Å². The molecule has 0 saturated carbocycles. The fourth-order valence-electron chi connectivity index (χ4n) is 3.21. The zero-order valence-electron chi connectivity index (χ0n) is 14.3. The van der Waals surface area contributed by atoms with Crippen LogP contribution in [0.2, 0.25) is 5.02 Å². The third-order valence-corrected chi connectivity index (χ3v) is 6.73. The Balaban J connectivity index is 2.02. The van der Waals surface area contributed by atoms with Crippen LogP contribution in [-0.4, -0.2) is 33.5 Å². The summed E-state index contributed by atoms with van der Waals surface area (Å²) < 4.78 is 38.3. The number of hydrogen-bond donors (Lipinski definition) is 0. The standard InChI is InChI=1S/C18H20ClNO4S/c1-12-16-11-18(24-3)17(23-2)9-13(16)7-8-20(12)25(21,22)15-6-4-5-14(19)10-15/h4-6,9-12H,7-8H2,1-3H3. The highest BCUT2D eigenvalue weighted by molar-refractivity contribution is 7.89. The molecule has 134 valence electrons. The molecule has 3 rings (SSSR count). The summed E-state index contributed by atoms with van der Waals surface area (Å²) in [5.74, 6) is 1.25. The first-order chi connectivity index (χ1) is 11.9. The molecule has 0 aliphatic carbocycles. The van der Waals surface area contributed by atoms with Gasteiger partial charge in [-0.15, -0.1) is 0 Å². The van der Waals surface area contributed by atoms with Crippen LogP contribution in [0.5, 0.6) is 11.5 Å². The summed E-state index contributed by atoms with van der Waals surface area (Å²) in [5.41, 5.74) is 2.00. The van der Waals surface area contributed by atoms with Crippen LogP contribution in [0.15, 0.2) is 41.3 Å². The van der Waals surface area contributed by atoms with E-state index in [0.29, 0.717) is 29.5 Å². The summed E-state index contributed by atoms with van der Waals surface area (Å²) in [4.78, 5) is 0.204. The molecule has 5 nitrogen and oxygen atoms in total. The van der Waals surface area contributed by atoms with E-state index in [1.807, 2.05) is 19.1 Å². The summed E-state index contributed by atoms with van der Waals surface area (Å²) in [6.07, 6.45) is 0.611. The number of hydrogen-bond acceptors (Lipinski definition) is 4. The van der Waals surface area contributed by atoms with Gasteiger partial charge in [-0.3, -0.25) is 0 Å². The molecule has 1 heterocycles. The zero-order valence-corrected chi connectivity index (χ0v) is 15.9. The summed E-state index contributed by atoms with van der Waals surface area (Å²) in [6.45, 7) is 2.28. The van der Waals surface area contributed by atoms with E-state index in [1.165, 1.54) is 10.4 Å². The van der Waals surface area contributed by atoms with Gasteiger partial charge in [0.25, 0.3) is 0 Å². The Bertz CT molecular complexity index is 898. The monoisotopic (exact) mass is 381 g/mol. The van der Waals surface area contributed by atoms with Crippen LogP contribution in [0.3, 0.4) is 0 Å². The van der Waals surface area contributed by atoms with E-state index in [1.54, 1.807) is 32.4 Å². The number of methoxy groups -OCH3 is 2. The Hall–Kier alpha value is -1.76. The minimum atomic E-state index is -3.63. The summed E-state index contributed by atoms with van der Waals surface area (Å²) >= 11 is 5.97. The minimum Gasteiger partial charge on any atom is -0.493 e. The first-order valence-corrected chi connectivity index (χ1v) is 9.72. The Labute approximate surface area is 153 Å². The molecule has 1 aliphatic rings. The first kappa shape index (κ1) is 18.0. The number of fused-ring (bicyclic) bond motifs is 1. The minimum absolute atomic E-state index is 0.204. The third-order valence-electron chi connectivity index (χ3n) is 4.53. The maximum absolute atomic E-state index is 13.0. The second-order valence-electron chi connectivity index (χ2n) is 5.91. The molecule has 0 N–H and O–H groups in total. The molecule has 0 amide bonds. The normalized spacial score (nSPS) is 17.8. The second kappa shape index (κ2) is 6.86. The summed E-state index contributed by atoms with van der Waals surface area (Å²) in [5, 5.41) is 0.401. The van der Waals surface area contributed by atoms with Crippen molar-refractivity contribution in [1.29, 1.82) is 0 Å². The van der Waals surface area contributed by atoms with Crippen LogP contribution in [-0.2, 0) is 16.4 Å². The molecule has 1 aliphatic heterocycles. The van der Waals surface area contributed by atoms with Crippen molar-refractivity contribution in [3.05, 3.63) is 52.5 Å². The van der Waals surface area contributed by atoms with E-state index in [-0.39, 0.29) is 10.9 Å². The molecule has 0 saturated heterocycles. The van der Waals surface area contributed by atoms with E-state index in [0.717, 1.165) is 11.1 Å². The van der Waals surface area contributed by atoms with Crippen LogP contribution >= 0.6 is 11.6 Å². The molecule has 7 heteroatoms. The maximum atomic E-state index is 13.0. The number of benzene rings is 2. The second-order valence-corrected chi connectivity index (χ2v) is 8.23. The van der Waals surface area contributed by atoms with Crippen molar-refractivity contribution in [2.75, 3.05) is 20.8 Å². The van der Waals surface area contributed by atoms with Crippen molar-refractivity contribution in [3.8, 4) is 11.5 Å². The van der Waals surface area contributed by atoms with E-state index in [4.69, 9.17) is 21.1 Å². The molecular weight excluding hydrogens is 362 g/mol. The molecule has 25 heavy (non-hydrogen) atoms. The Morgan fingerprint density at radius 2 is 1.80 bits per heavy atom. The summed E-state index contributed by atoms with van der Waals surface area (Å²) in [7, 11) is -0.478. The average Bonchev–Trinajstić information content (AvgIpc) is 2.60. The SMILES string of the molecule is COc1cc2c(cc1OC)C(C)N(S(=O)(=O)c1cccc(Cl)c1)CC2. The van der Waals surface area contributed by atoms with Crippen LogP contribution in [0.1, 0.15) is 24.1 Å². The van der Waals surface area contributed by atoms with Gasteiger partial charge < -0.3 is 9.47 Å². The first-order valence-electron chi connectivity index (χ1n) is 7.90. The van der Waals surface area contributed by atoms with Crippen LogP contribution < -0.4 is 9.47 Å². The highest BCUT2D eigenvalue weighted by atomic mass is 35.5. The van der Waals surface area contributed by atoms with Gasteiger partial charge in [0.1, 0.15) is 0 Å². The number of sulfonamides is 1. The topological polar surface area (TPSA) is 55.8 Å². The number of rotatable bonds is 4. The van der Waals surface area contributed by atoms with Crippen molar-refractivity contribution < 1.29 is 17.9 Å². The van der Waals surface area contributed by atoms with Gasteiger partial charge in [-0.25, -0.2) is 8.42 Å². The molecular formula is C18H20ClNO4S. The molecule has 1 unspecified atom stereocenters. The number of ether oxygens (including phenoxy) is 2. The lowest BCUT2D eigenvalue weighted by Crippen LogP contribution is -2.38. The lowest BCUT2D eigenvalue weighted by atomic mass is 9.94. The van der Waals surface area contributed by atoms with Crippen molar-refractivity contribution in [2.24, 2.45) is 0 Å². The van der Waals surface area contributed by atoms with Gasteiger partial charge in [0.2, 0.25) is 10.0 Å². The van der Waals surface area contributed by atoms with Gasteiger partial charge in [-0.1, -0.05) is 17.7 Å². The van der Waals surface area contributed by atoms with Crippen molar-refractivity contribution in [1.82, 2.24) is 4.31 Å². The molecule has 2 aromatic carbocycles. The average molecular weight is 382 g/mol. The molecule has 0 spiro atoms. The van der Waals surface area contributed by atoms with Gasteiger partial charge in [0, 0.05) is 17.6 Å². The molecule has 1 atom stereocenters. The van der Waals surface area contributed by atoms with E-state index in [2.05, 4.69) is 0 Å². The molecule has 0 aromatic heterocycles. The lowest BCUT2D eigenvalue weighted by molar-refractivity contribution is 0.319. The predicted octanol–water partition coefficient (Wildman–Crippen LogP) is 3.67. The Morgan fingerprint density at radius 1 is 1.12 bits per heavy atom. The van der Waals surface area contributed by atoms with Gasteiger partial charge in [-0.2, -0.15) is 4.31 Å². The molecule has 0 radical (unpaired) electrons. The van der Waals surface area contributed by atoms with Crippen molar-refractivity contribution in [3.63, 3.8) is 0 Å². The van der Waals surface area contributed by atoms with E-state index >= 15 is 0 Å². The fraction of sp³-hybridized carbons (Fsp3) is 0.333. The van der Waals surface area contributed by atoms with Crippen LogP contribution in [0, 0.1) is 0 Å². The van der Waals surface area contributed by atoms with Gasteiger partial charge in [-0.05, 0) is 54.8 Å². The van der Waals surface area contributed by atoms with Gasteiger partial charge in [0.05, 0.1) is 19.1 Å². The zero-order chi connectivity index (χ0) is 18.2. The highest BCUT2D eigenvalue weighted by Crippen LogP contribution is 2.39. The van der Waals surface area contributed by atoms with Crippen LogP contribution in [0.4, 0.5) is 0 Å². The van der Waals surface area contributed by atoms with Crippen molar-refractivity contribution >= 4 is 21.6 Å². The number of nitrogens with zero attached hydrogens (tertiary/aromatic N) is 1. The maximum Gasteiger partial charge on any atom is 0.243 e. The molecule has 0 bridgehead atoms. The summed E-state index contributed by atoms with van der Waals surface area (Å²) in [6, 6.07) is 9.82. The predicted molar refractivity (Wildman–Crippen MR) is 97.0 cm³/mol. The molecule has 0 fully saturated rings. The Kier molecular flexibility index (Phi) is 4.95. The van der Waals surface area contributed by atoms with Gasteiger partial charge >= 0.3 is 0 Å². The van der Waals surface area contributed by atoms with Gasteiger partial charge in [0.15, 0.2) is 11.5 Å². The smallest absolute Gasteiger partial charge is 0.243 e. The molecule has 2 aromatic rings. The fourth-order valence-corrected chi connectivity index (χ4v) is 5.13. The van der Waals surface area contributed by atoms with Crippen LogP contribution in [0.25, 0.3) is 0 Å². The Morgan fingerprint density at radius 3 is 2.44 bits per heavy atom. The lowest BCUT2D eigenvalue weighted by Gasteiger charge is -2.34. The number of halogens is 1. The third kappa shape index (κ3) is 3.21. The highest BCUT2D eigenvalue weighted by Gasteiger charge is 2.34. The largest absolute Gasteiger partial charge is 0.493 e. The van der Waals surface area contributed by atoms with E-state index < -0.39 is 10.0 Å². The quantitative estimate of drug-likeness (QED) is 0.810.